The third-order valence-corrected chi connectivity index (χ3v) is 4.71. The molecule has 0 aromatic heterocycles. The Morgan fingerprint density at radius 1 is 1.30 bits per heavy atom. The van der Waals surface area contributed by atoms with Crippen molar-refractivity contribution >= 4 is 44.7 Å². The van der Waals surface area contributed by atoms with E-state index in [9.17, 15) is 4.79 Å². The van der Waals surface area contributed by atoms with Crippen molar-refractivity contribution in [3.8, 4) is 0 Å². The molecule has 0 fully saturated rings. The van der Waals surface area contributed by atoms with E-state index in [1.54, 1.807) is 6.08 Å². The molecule has 1 nitrogen and oxygen atoms in total. The molecule has 0 spiro atoms. The number of benzene rings is 2. The van der Waals surface area contributed by atoms with Gasteiger partial charge in [0.1, 0.15) is 0 Å². The zero-order valence-corrected chi connectivity index (χ0v) is 13.0. The van der Waals surface area contributed by atoms with Gasteiger partial charge in [-0.1, -0.05) is 54.7 Å². The predicted molar refractivity (Wildman–Crippen MR) is 92.7 cm³/mol. The fraction of sp³-hybridized carbons (Fsp3) is 0.176. The van der Waals surface area contributed by atoms with Gasteiger partial charge in [0.15, 0.2) is 5.78 Å². The van der Waals surface area contributed by atoms with Crippen molar-refractivity contribution in [1.82, 2.24) is 0 Å². The number of Topliss-reactive ketones (excluding diaryl/α,β-unsaturated/α-hetero) is 1. The minimum atomic E-state index is -0.265. The summed E-state index contributed by atoms with van der Waals surface area (Å²) in [5.41, 5.74) is 0.715. The second-order valence-electron chi connectivity index (χ2n) is 4.53. The maximum atomic E-state index is 12.6. The molecule has 0 bridgehead atoms. The first kappa shape index (κ1) is 14.9. The number of hydrogen-bond donors (Lipinski definition) is 0. The topological polar surface area (TPSA) is 17.1 Å². The number of hydrogen-bond acceptors (Lipinski definition) is 3. The third-order valence-electron chi connectivity index (χ3n) is 3.24. The highest BCUT2D eigenvalue weighted by atomic mass is 32.2. The Bertz CT molecular complexity index is 661. The molecule has 0 aliphatic carbocycles. The van der Waals surface area contributed by atoms with Gasteiger partial charge < -0.3 is 0 Å². The lowest BCUT2D eigenvalue weighted by molar-refractivity contribution is 0.0957. The summed E-state index contributed by atoms with van der Waals surface area (Å²) < 4.78 is 0.725. The molecule has 2 aromatic carbocycles. The molecule has 1 atom stereocenters. The molecule has 3 heteroatoms. The summed E-state index contributed by atoms with van der Waals surface area (Å²) in [7, 11) is 0. The average Bonchev–Trinajstić information content (AvgIpc) is 2.50. The van der Waals surface area contributed by atoms with Crippen LogP contribution in [0.5, 0.6) is 0 Å². The molecular formula is C17H16OS2. The lowest BCUT2D eigenvalue weighted by atomic mass is 9.94. The molecule has 0 radical (unpaired) electrons. The van der Waals surface area contributed by atoms with E-state index in [1.807, 2.05) is 48.7 Å². The van der Waals surface area contributed by atoms with Gasteiger partial charge in [0, 0.05) is 5.56 Å². The number of fused-ring (bicyclic) bond motifs is 1. The van der Waals surface area contributed by atoms with Gasteiger partial charge in [-0.2, -0.15) is 0 Å². The molecule has 20 heavy (non-hydrogen) atoms. The molecule has 0 aliphatic heterocycles. The first-order chi connectivity index (χ1) is 9.67. The summed E-state index contributed by atoms with van der Waals surface area (Å²) in [4.78, 5) is 12.6. The van der Waals surface area contributed by atoms with Crippen LogP contribution in [0.4, 0.5) is 0 Å². The normalized spacial score (nSPS) is 12.1. The van der Waals surface area contributed by atoms with Crippen LogP contribution in [0.15, 0.2) is 55.1 Å². The fourth-order valence-corrected chi connectivity index (χ4v) is 2.85. The van der Waals surface area contributed by atoms with Crippen molar-refractivity contribution in [2.45, 2.75) is 6.42 Å². The zero-order chi connectivity index (χ0) is 14.5. The van der Waals surface area contributed by atoms with E-state index in [4.69, 9.17) is 12.2 Å². The van der Waals surface area contributed by atoms with Crippen LogP contribution in [-0.2, 0) is 0 Å². The highest BCUT2D eigenvalue weighted by Gasteiger charge is 2.22. The van der Waals surface area contributed by atoms with Crippen molar-refractivity contribution in [3.05, 3.63) is 60.7 Å². The molecule has 0 heterocycles. The van der Waals surface area contributed by atoms with Crippen LogP contribution in [0, 0.1) is 5.92 Å². The highest BCUT2D eigenvalue weighted by molar-refractivity contribution is 8.22. The van der Waals surface area contributed by atoms with Crippen LogP contribution in [0.1, 0.15) is 16.8 Å². The van der Waals surface area contributed by atoms with Crippen molar-refractivity contribution in [3.63, 3.8) is 0 Å². The minimum Gasteiger partial charge on any atom is -0.293 e. The summed E-state index contributed by atoms with van der Waals surface area (Å²) in [5, 5.41) is 2.21. The van der Waals surface area contributed by atoms with Crippen LogP contribution in [0.25, 0.3) is 10.8 Å². The van der Waals surface area contributed by atoms with Crippen LogP contribution < -0.4 is 0 Å². The number of ketones is 1. The Morgan fingerprint density at radius 3 is 2.65 bits per heavy atom. The quantitative estimate of drug-likeness (QED) is 0.444. The first-order valence-corrected chi connectivity index (χ1v) is 8.02. The van der Waals surface area contributed by atoms with E-state index in [1.165, 1.54) is 11.8 Å². The van der Waals surface area contributed by atoms with Crippen molar-refractivity contribution in [2.75, 3.05) is 6.26 Å². The summed E-state index contributed by atoms with van der Waals surface area (Å²) in [6.07, 6.45) is 4.25. The first-order valence-electron chi connectivity index (χ1n) is 6.39. The summed E-state index contributed by atoms with van der Waals surface area (Å²) in [6.45, 7) is 3.72. The molecule has 2 rings (SSSR count). The summed E-state index contributed by atoms with van der Waals surface area (Å²) >= 11 is 6.77. The molecular weight excluding hydrogens is 284 g/mol. The summed E-state index contributed by atoms with van der Waals surface area (Å²) in [5.74, 6) is -0.186. The Morgan fingerprint density at radius 2 is 2.00 bits per heavy atom. The molecule has 0 aliphatic rings. The fourth-order valence-electron chi connectivity index (χ4n) is 2.16. The van der Waals surface area contributed by atoms with Gasteiger partial charge in [-0.15, -0.1) is 18.3 Å². The van der Waals surface area contributed by atoms with E-state index in [2.05, 4.69) is 6.58 Å². The van der Waals surface area contributed by atoms with Crippen molar-refractivity contribution in [2.24, 2.45) is 5.92 Å². The number of carbonyl (C=O) groups excluding carboxylic acids is 1. The molecule has 0 saturated carbocycles. The highest BCUT2D eigenvalue weighted by Crippen LogP contribution is 2.23. The van der Waals surface area contributed by atoms with Gasteiger partial charge >= 0.3 is 0 Å². The third kappa shape index (κ3) is 3.17. The number of thioether (sulfide) groups is 1. The average molecular weight is 300 g/mol. The number of allylic oxidation sites excluding steroid dienone is 1. The van der Waals surface area contributed by atoms with Gasteiger partial charge in [0.05, 0.1) is 10.1 Å². The van der Waals surface area contributed by atoms with E-state index < -0.39 is 0 Å². The number of thiocarbonyl (C=S) groups is 1. The van der Waals surface area contributed by atoms with E-state index in [-0.39, 0.29) is 11.7 Å². The minimum absolute atomic E-state index is 0.0787. The van der Waals surface area contributed by atoms with E-state index in [0.717, 1.165) is 15.0 Å². The summed E-state index contributed by atoms with van der Waals surface area (Å²) in [6, 6.07) is 13.8. The van der Waals surface area contributed by atoms with Crippen molar-refractivity contribution in [1.29, 1.82) is 0 Å². The van der Waals surface area contributed by atoms with Gasteiger partial charge in [0.25, 0.3) is 0 Å². The molecule has 1 unspecified atom stereocenters. The standard InChI is InChI=1S/C17H16OS2/c1-3-6-15(17(19)20-2)16(18)14-10-9-12-7-4-5-8-13(12)11-14/h3-5,7-11,15H,1,6H2,2H3. The maximum Gasteiger partial charge on any atom is 0.172 e. The molecule has 0 N–H and O–H groups in total. The number of carbonyl (C=O) groups is 1. The van der Waals surface area contributed by atoms with E-state index >= 15 is 0 Å². The Hall–Kier alpha value is -1.45. The monoisotopic (exact) mass is 300 g/mol. The Balaban J connectivity index is 2.37. The van der Waals surface area contributed by atoms with Crippen LogP contribution in [0.3, 0.4) is 0 Å². The largest absolute Gasteiger partial charge is 0.293 e. The Kier molecular flexibility index (Phi) is 5.10. The second kappa shape index (κ2) is 6.82. The van der Waals surface area contributed by atoms with Gasteiger partial charge in [-0.05, 0) is 29.5 Å². The molecule has 0 saturated heterocycles. The molecule has 2 aromatic rings. The van der Waals surface area contributed by atoms with Gasteiger partial charge in [-0.25, -0.2) is 0 Å². The number of rotatable bonds is 5. The predicted octanol–water partition coefficient (Wildman–Crippen LogP) is 4.91. The van der Waals surface area contributed by atoms with Crippen LogP contribution in [-0.4, -0.2) is 16.2 Å². The lowest BCUT2D eigenvalue weighted by Gasteiger charge is -2.14. The van der Waals surface area contributed by atoms with Gasteiger partial charge in [0.2, 0.25) is 0 Å². The second-order valence-corrected chi connectivity index (χ2v) is 6.07. The molecule has 102 valence electrons. The maximum absolute atomic E-state index is 12.6. The van der Waals surface area contributed by atoms with Crippen LogP contribution in [0.2, 0.25) is 0 Å². The SMILES string of the molecule is C=CCC(C(=O)c1ccc2ccccc2c1)C(=S)SC. The lowest BCUT2D eigenvalue weighted by Crippen LogP contribution is -2.20. The zero-order valence-electron chi connectivity index (χ0n) is 11.3. The van der Waals surface area contributed by atoms with E-state index in [0.29, 0.717) is 12.0 Å². The smallest absolute Gasteiger partial charge is 0.172 e. The molecule has 0 amide bonds. The van der Waals surface area contributed by atoms with Crippen LogP contribution >= 0.6 is 24.0 Å². The van der Waals surface area contributed by atoms with Crippen molar-refractivity contribution < 1.29 is 4.79 Å². The van der Waals surface area contributed by atoms with Gasteiger partial charge in [-0.3, -0.25) is 4.79 Å². The Labute approximate surface area is 129 Å².